The van der Waals surface area contributed by atoms with Crippen molar-refractivity contribution >= 4 is 44.6 Å². The first-order chi connectivity index (χ1) is 9.29. The van der Waals surface area contributed by atoms with Crippen LogP contribution in [-0.4, -0.2) is 8.42 Å². The van der Waals surface area contributed by atoms with E-state index in [1.165, 1.54) is 18.2 Å². The van der Waals surface area contributed by atoms with Gasteiger partial charge in [0.2, 0.25) is 0 Å². The third-order valence-corrected chi connectivity index (χ3v) is 4.42. The molecule has 106 valence electrons. The highest BCUT2D eigenvalue weighted by molar-refractivity contribution is 7.92. The van der Waals surface area contributed by atoms with Gasteiger partial charge < -0.3 is 5.73 Å². The van der Waals surface area contributed by atoms with Crippen molar-refractivity contribution in [2.24, 2.45) is 0 Å². The van der Waals surface area contributed by atoms with Crippen molar-refractivity contribution in [2.75, 3.05) is 10.5 Å². The average molecular weight is 335 g/mol. The van der Waals surface area contributed by atoms with Crippen LogP contribution in [0.5, 0.6) is 0 Å². The molecule has 0 aliphatic heterocycles. The minimum atomic E-state index is -3.97. The fourth-order valence-electron chi connectivity index (χ4n) is 1.54. The highest BCUT2D eigenvalue weighted by Crippen LogP contribution is 2.29. The molecule has 0 aromatic heterocycles. The van der Waals surface area contributed by atoms with Crippen LogP contribution < -0.4 is 10.5 Å². The van der Waals surface area contributed by atoms with Crippen molar-refractivity contribution in [3.63, 3.8) is 0 Å². The van der Waals surface area contributed by atoms with E-state index in [9.17, 15) is 12.8 Å². The maximum Gasteiger partial charge on any atom is 0.263 e. The molecule has 0 saturated heterocycles. The fraction of sp³-hybridized carbons (Fsp3) is 0. The average Bonchev–Trinajstić information content (AvgIpc) is 2.32. The third kappa shape index (κ3) is 3.15. The van der Waals surface area contributed by atoms with Crippen molar-refractivity contribution in [2.45, 2.75) is 4.90 Å². The zero-order valence-electron chi connectivity index (χ0n) is 9.90. The van der Waals surface area contributed by atoms with E-state index >= 15 is 0 Å². The quantitative estimate of drug-likeness (QED) is 0.843. The molecule has 0 spiro atoms. The first-order valence-electron chi connectivity index (χ1n) is 5.32. The summed E-state index contributed by atoms with van der Waals surface area (Å²) >= 11 is 11.6. The van der Waals surface area contributed by atoms with Gasteiger partial charge in [-0.1, -0.05) is 23.2 Å². The van der Waals surface area contributed by atoms with Crippen LogP contribution in [0.25, 0.3) is 0 Å². The zero-order chi connectivity index (χ0) is 14.9. The predicted octanol–water partition coefficient (Wildman–Crippen LogP) is 3.52. The number of hydrogen-bond acceptors (Lipinski definition) is 3. The van der Waals surface area contributed by atoms with Gasteiger partial charge in [-0.25, -0.2) is 12.8 Å². The molecule has 0 atom stereocenters. The van der Waals surface area contributed by atoms with Gasteiger partial charge in [-0.15, -0.1) is 0 Å². The summed E-state index contributed by atoms with van der Waals surface area (Å²) < 4.78 is 39.5. The van der Waals surface area contributed by atoms with Crippen LogP contribution >= 0.6 is 23.2 Å². The Balaban J connectivity index is 2.41. The van der Waals surface area contributed by atoms with Crippen molar-refractivity contribution < 1.29 is 12.8 Å². The van der Waals surface area contributed by atoms with E-state index < -0.39 is 15.8 Å². The Bertz CT molecular complexity index is 766. The molecule has 0 saturated carbocycles. The smallest absolute Gasteiger partial charge is 0.263 e. The summed E-state index contributed by atoms with van der Waals surface area (Å²) in [5, 5.41) is 0.515. The fourth-order valence-corrected chi connectivity index (χ4v) is 3.24. The van der Waals surface area contributed by atoms with E-state index in [1.54, 1.807) is 0 Å². The summed E-state index contributed by atoms with van der Waals surface area (Å²) in [5.41, 5.74) is 5.47. The first-order valence-corrected chi connectivity index (χ1v) is 7.56. The highest BCUT2D eigenvalue weighted by atomic mass is 35.5. The molecule has 2 aromatic rings. The van der Waals surface area contributed by atoms with Crippen LogP contribution in [0.1, 0.15) is 0 Å². The van der Waals surface area contributed by atoms with E-state index in [2.05, 4.69) is 4.72 Å². The molecule has 8 heteroatoms. The first kappa shape index (κ1) is 14.9. The van der Waals surface area contributed by atoms with Gasteiger partial charge >= 0.3 is 0 Å². The van der Waals surface area contributed by atoms with E-state index in [-0.39, 0.29) is 21.3 Å². The van der Waals surface area contributed by atoms with E-state index in [4.69, 9.17) is 28.9 Å². The molecule has 3 N–H and O–H groups in total. The van der Waals surface area contributed by atoms with Crippen LogP contribution in [0.2, 0.25) is 10.0 Å². The minimum absolute atomic E-state index is 0.141. The summed E-state index contributed by atoms with van der Waals surface area (Å²) in [6.07, 6.45) is 0. The maximum absolute atomic E-state index is 12.9. The SMILES string of the molecule is Nc1cc(F)ccc1S(=O)(=O)Nc1ccc(Cl)cc1Cl. The Morgan fingerprint density at radius 3 is 2.40 bits per heavy atom. The van der Waals surface area contributed by atoms with Gasteiger partial charge in [-0.3, -0.25) is 4.72 Å². The van der Waals surface area contributed by atoms with Crippen molar-refractivity contribution in [1.82, 2.24) is 0 Å². The number of anilines is 2. The van der Waals surface area contributed by atoms with Crippen molar-refractivity contribution in [1.29, 1.82) is 0 Å². The van der Waals surface area contributed by atoms with Gasteiger partial charge in [0.15, 0.2) is 0 Å². The number of rotatable bonds is 3. The second-order valence-corrected chi connectivity index (χ2v) is 6.41. The van der Waals surface area contributed by atoms with Crippen LogP contribution in [0, 0.1) is 5.82 Å². The molecule has 0 heterocycles. The molecular formula is C12H9Cl2FN2O2S. The monoisotopic (exact) mass is 334 g/mol. The standard InChI is InChI=1S/C12H9Cl2FN2O2S/c13-7-1-3-11(9(14)5-7)17-20(18,19)12-4-2-8(15)6-10(12)16/h1-6,17H,16H2. The lowest BCUT2D eigenvalue weighted by Gasteiger charge is -2.11. The molecule has 2 rings (SSSR count). The van der Waals surface area contributed by atoms with Gasteiger partial charge in [-0.2, -0.15) is 0 Å². The molecule has 2 aromatic carbocycles. The lowest BCUT2D eigenvalue weighted by atomic mass is 10.3. The lowest BCUT2D eigenvalue weighted by Crippen LogP contribution is -2.15. The highest BCUT2D eigenvalue weighted by Gasteiger charge is 2.19. The van der Waals surface area contributed by atoms with Crippen LogP contribution in [-0.2, 0) is 10.0 Å². The molecule has 20 heavy (non-hydrogen) atoms. The molecule has 0 radical (unpaired) electrons. The summed E-state index contributed by atoms with van der Waals surface area (Å²) in [6.45, 7) is 0. The summed E-state index contributed by atoms with van der Waals surface area (Å²) in [5.74, 6) is -0.619. The zero-order valence-corrected chi connectivity index (χ0v) is 12.2. The lowest BCUT2D eigenvalue weighted by molar-refractivity contribution is 0.600. The Morgan fingerprint density at radius 1 is 1.10 bits per heavy atom. The Hall–Kier alpha value is -1.50. The largest absolute Gasteiger partial charge is 0.398 e. The normalized spacial score (nSPS) is 11.3. The molecule has 0 aliphatic carbocycles. The van der Waals surface area contributed by atoms with E-state index in [0.29, 0.717) is 5.02 Å². The Morgan fingerprint density at radius 2 is 1.80 bits per heavy atom. The number of hydrogen-bond donors (Lipinski definition) is 2. The van der Waals surface area contributed by atoms with Gasteiger partial charge in [0, 0.05) is 5.02 Å². The molecule has 0 aliphatic rings. The molecule has 4 nitrogen and oxygen atoms in total. The minimum Gasteiger partial charge on any atom is -0.398 e. The second-order valence-electron chi connectivity index (χ2n) is 3.91. The van der Waals surface area contributed by atoms with Gasteiger partial charge in [0.05, 0.1) is 16.4 Å². The van der Waals surface area contributed by atoms with Gasteiger partial charge in [0.1, 0.15) is 10.7 Å². The Labute approximate surface area is 125 Å². The third-order valence-electron chi connectivity index (χ3n) is 2.44. The number of nitrogens with one attached hydrogen (secondary N) is 1. The predicted molar refractivity (Wildman–Crippen MR) is 78.1 cm³/mol. The van der Waals surface area contributed by atoms with E-state index in [0.717, 1.165) is 18.2 Å². The second kappa shape index (κ2) is 5.47. The van der Waals surface area contributed by atoms with Gasteiger partial charge in [-0.05, 0) is 36.4 Å². The molecule has 0 unspecified atom stereocenters. The molecule has 0 fully saturated rings. The number of halogens is 3. The van der Waals surface area contributed by atoms with Crippen LogP contribution in [0.4, 0.5) is 15.8 Å². The number of sulfonamides is 1. The summed E-state index contributed by atoms with van der Waals surface area (Å²) in [6, 6.07) is 7.32. The molecule has 0 amide bonds. The van der Waals surface area contributed by atoms with Gasteiger partial charge in [0.25, 0.3) is 10.0 Å². The molecule has 0 bridgehead atoms. The number of nitrogens with two attached hydrogens (primary N) is 1. The maximum atomic E-state index is 12.9. The number of benzene rings is 2. The van der Waals surface area contributed by atoms with Crippen LogP contribution in [0.3, 0.4) is 0 Å². The summed E-state index contributed by atoms with van der Waals surface area (Å²) in [4.78, 5) is -0.232. The summed E-state index contributed by atoms with van der Waals surface area (Å²) in [7, 11) is -3.97. The van der Waals surface area contributed by atoms with Crippen molar-refractivity contribution in [3.05, 3.63) is 52.3 Å². The van der Waals surface area contributed by atoms with Crippen LogP contribution in [0.15, 0.2) is 41.3 Å². The van der Waals surface area contributed by atoms with E-state index in [1.807, 2.05) is 0 Å². The Kier molecular flexibility index (Phi) is 4.08. The van der Waals surface area contributed by atoms with Crippen molar-refractivity contribution in [3.8, 4) is 0 Å². The number of nitrogen functional groups attached to an aromatic ring is 1. The topological polar surface area (TPSA) is 72.2 Å². The molecular weight excluding hydrogens is 326 g/mol.